The predicted molar refractivity (Wildman–Crippen MR) is 135 cm³/mol. The van der Waals surface area contributed by atoms with E-state index in [0.717, 1.165) is 24.3 Å². The highest BCUT2D eigenvalue weighted by atomic mass is 19.4. The van der Waals surface area contributed by atoms with Crippen LogP contribution in [0.3, 0.4) is 0 Å². The number of aromatic nitrogens is 2. The summed E-state index contributed by atoms with van der Waals surface area (Å²) in [5, 5.41) is 3.19. The predicted octanol–water partition coefficient (Wildman–Crippen LogP) is 8.33. The Morgan fingerprint density at radius 3 is 1.58 bits per heavy atom. The minimum atomic E-state index is -4.52. The largest absolute Gasteiger partial charge is 0.416 e. The highest BCUT2D eigenvalue weighted by molar-refractivity contribution is 5.88. The first-order valence-corrected chi connectivity index (χ1v) is 11.3. The first-order chi connectivity index (χ1) is 18.0. The summed E-state index contributed by atoms with van der Waals surface area (Å²) in [6, 6.07) is 21.0. The number of anilines is 3. The van der Waals surface area contributed by atoms with E-state index in [2.05, 4.69) is 15.3 Å². The summed E-state index contributed by atoms with van der Waals surface area (Å²) in [7, 11) is 0. The molecule has 192 valence electrons. The SMILES string of the molecule is Nc1ccccc1Nc1ccc2nc(-c3ccc(C(F)(F)F)cc3)c(-c3ccc(C(F)(F)F)cc3)nc2c1. The number of hydrogen-bond acceptors (Lipinski definition) is 4. The third kappa shape index (κ3) is 5.10. The van der Waals surface area contributed by atoms with E-state index >= 15 is 0 Å². The van der Waals surface area contributed by atoms with Gasteiger partial charge in [0, 0.05) is 16.8 Å². The monoisotopic (exact) mass is 524 g/mol. The molecular weight excluding hydrogens is 506 g/mol. The maximum atomic E-state index is 13.1. The Labute approximate surface area is 212 Å². The standard InChI is InChI=1S/C28H18F6N4/c29-27(30,31)18-9-5-16(6-10-18)25-26(17-7-11-19(12-8-17)28(32,33)34)38-24-15-20(13-14-23(24)37-25)36-22-4-2-1-3-21(22)35/h1-15,36H,35H2. The Morgan fingerprint density at radius 1 is 0.579 bits per heavy atom. The Kier molecular flexibility index (Phi) is 6.18. The molecule has 0 aliphatic rings. The number of nitrogens with two attached hydrogens (primary N) is 1. The van der Waals surface area contributed by atoms with Crippen molar-refractivity contribution in [1.82, 2.24) is 9.97 Å². The van der Waals surface area contributed by atoms with Crippen molar-refractivity contribution in [1.29, 1.82) is 0 Å². The second-order valence-corrected chi connectivity index (χ2v) is 8.49. The Hall–Kier alpha value is -4.60. The zero-order valence-corrected chi connectivity index (χ0v) is 19.4. The van der Waals surface area contributed by atoms with Gasteiger partial charge in [0.2, 0.25) is 0 Å². The van der Waals surface area contributed by atoms with Gasteiger partial charge in [-0.3, -0.25) is 0 Å². The summed E-state index contributed by atoms with van der Waals surface area (Å²) >= 11 is 0. The first kappa shape index (κ1) is 25.1. The molecule has 0 amide bonds. The van der Waals surface area contributed by atoms with Crippen molar-refractivity contribution >= 4 is 28.1 Å². The lowest BCUT2D eigenvalue weighted by Gasteiger charge is -2.14. The molecule has 38 heavy (non-hydrogen) atoms. The van der Waals surface area contributed by atoms with Crippen LogP contribution in [0, 0.1) is 0 Å². The number of hydrogen-bond donors (Lipinski definition) is 2. The molecule has 4 aromatic carbocycles. The molecule has 1 heterocycles. The second-order valence-electron chi connectivity index (χ2n) is 8.49. The van der Waals surface area contributed by atoms with E-state index in [9.17, 15) is 26.3 Å². The number of rotatable bonds is 4. The molecule has 4 nitrogen and oxygen atoms in total. The fraction of sp³-hybridized carbons (Fsp3) is 0.0714. The van der Waals surface area contributed by atoms with Crippen molar-refractivity contribution in [2.45, 2.75) is 12.4 Å². The lowest BCUT2D eigenvalue weighted by Crippen LogP contribution is -2.05. The van der Waals surface area contributed by atoms with E-state index in [0.29, 0.717) is 39.2 Å². The fourth-order valence-corrected chi connectivity index (χ4v) is 3.94. The maximum Gasteiger partial charge on any atom is 0.416 e. The zero-order valence-electron chi connectivity index (χ0n) is 19.4. The quantitative estimate of drug-likeness (QED) is 0.183. The number of nitrogens with one attached hydrogen (secondary N) is 1. The van der Waals surface area contributed by atoms with Crippen molar-refractivity contribution in [3.63, 3.8) is 0 Å². The maximum absolute atomic E-state index is 13.1. The van der Waals surface area contributed by atoms with Gasteiger partial charge in [0.15, 0.2) is 0 Å². The van der Waals surface area contributed by atoms with Crippen LogP contribution in [0.2, 0.25) is 0 Å². The lowest BCUT2D eigenvalue weighted by atomic mass is 10.0. The summed E-state index contributed by atoms with van der Waals surface area (Å²) in [6.07, 6.45) is -9.04. The first-order valence-electron chi connectivity index (χ1n) is 11.3. The minimum absolute atomic E-state index is 0.224. The molecular formula is C28H18F6N4. The van der Waals surface area contributed by atoms with Gasteiger partial charge in [0.1, 0.15) is 0 Å². The summed E-state index contributed by atoms with van der Waals surface area (Å²) < 4.78 is 78.7. The van der Waals surface area contributed by atoms with E-state index in [4.69, 9.17) is 5.73 Å². The van der Waals surface area contributed by atoms with Gasteiger partial charge in [0.05, 0.1) is 44.9 Å². The van der Waals surface area contributed by atoms with Gasteiger partial charge < -0.3 is 11.1 Å². The molecule has 0 bridgehead atoms. The summed E-state index contributed by atoms with van der Waals surface area (Å²) in [4.78, 5) is 9.30. The van der Waals surface area contributed by atoms with Crippen LogP contribution in [-0.4, -0.2) is 9.97 Å². The van der Waals surface area contributed by atoms with Gasteiger partial charge in [-0.05, 0) is 54.6 Å². The lowest BCUT2D eigenvalue weighted by molar-refractivity contribution is -0.138. The topological polar surface area (TPSA) is 63.8 Å². The molecule has 0 spiro atoms. The number of halogens is 6. The van der Waals surface area contributed by atoms with Gasteiger partial charge in [-0.15, -0.1) is 0 Å². The van der Waals surface area contributed by atoms with Crippen molar-refractivity contribution in [3.05, 3.63) is 102 Å². The molecule has 10 heteroatoms. The Bertz CT molecular complexity index is 1610. The van der Waals surface area contributed by atoms with Crippen LogP contribution in [-0.2, 0) is 12.4 Å². The van der Waals surface area contributed by atoms with Crippen molar-refractivity contribution in [2.75, 3.05) is 11.1 Å². The van der Waals surface area contributed by atoms with Gasteiger partial charge in [-0.2, -0.15) is 26.3 Å². The van der Waals surface area contributed by atoms with Gasteiger partial charge >= 0.3 is 12.4 Å². The summed E-state index contributed by atoms with van der Waals surface area (Å²) in [6.45, 7) is 0. The van der Waals surface area contributed by atoms with Gasteiger partial charge in [-0.1, -0.05) is 36.4 Å². The molecule has 0 saturated heterocycles. The van der Waals surface area contributed by atoms with Crippen molar-refractivity contribution in [2.24, 2.45) is 0 Å². The smallest absolute Gasteiger partial charge is 0.397 e. The van der Waals surface area contributed by atoms with Crippen LogP contribution >= 0.6 is 0 Å². The number of nitrogen functional groups attached to an aromatic ring is 1. The molecule has 0 radical (unpaired) electrons. The van der Waals surface area contributed by atoms with Crippen LogP contribution in [0.25, 0.3) is 33.5 Å². The molecule has 5 aromatic rings. The Morgan fingerprint density at radius 2 is 1.08 bits per heavy atom. The number of alkyl halides is 6. The fourth-order valence-electron chi connectivity index (χ4n) is 3.94. The van der Waals surface area contributed by atoms with E-state index in [-0.39, 0.29) is 11.4 Å². The molecule has 5 rings (SSSR count). The summed E-state index contributed by atoms with van der Waals surface area (Å²) in [5.41, 5.74) is 8.18. The number of nitrogens with zero attached hydrogens (tertiary/aromatic N) is 2. The van der Waals surface area contributed by atoms with Crippen LogP contribution in [0.5, 0.6) is 0 Å². The Balaban J connectivity index is 1.64. The van der Waals surface area contributed by atoms with Crippen LogP contribution in [0.1, 0.15) is 11.1 Å². The molecule has 0 aliphatic carbocycles. The van der Waals surface area contributed by atoms with E-state index in [1.54, 1.807) is 36.4 Å². The second kappa shape index (κ2) is 9.37. The minimum Gasteiger partial charge on any atom is -0.397 e. The molecule has 0 aliphatic heterocycles. The highest BCUT2D eigenvalue weighted by Crippen LogP contribution is 2.36. The van der Waals surface area contributed by atoms with Gasteiger partial charge in [0.25, 0.3) is 0 Å². The third-order valence-corrected chi connectivity index (χ3v) is 5.88. The van der Waals surface area contributed by atoms with Crippen LogP contribution in [0.4, 0.5) is 43.4 Å². The number of para-hydroxylation sites is 2. The average molecular weight is 524 g/mol. The zero-order chi connectivity index (χ0) is 27.1. The van der Waals surface area contributed by atoms with E-state index in [1.807, 2.05) is 6.07 Å². The van der Waals surface area contributed by atoms with E-state index in [1.165, 1.54) is 24.3 Å². The van der Waals surface area contributed by atoms with Crippen LogP contribution in [0.15, 0.2) is 91.0 Å². The average Bonchev–Trinajstić information content (AvgIpc) is 2.88. The third-order valence-electron chi connectivity index (χ3n) is 5.88. The highest BCUT2D eigenvalue weighted by Gasteiger charge is 2.31. The molecule has 0 saturated carbocycles. The van der Waals surface area contributed by atoms with Crippen LogP contribution < -0.4 is 11.1 Å². The van der Waals surface area contributed by atoms with E-state index < -0.39 is 23.5 Å². The number of benzene rings is 4. The molecule has 0 atom stereocenters. The van der Waals surface area contributed by atoms with Gasteiger partial charge in [-0.25, -0.2) is 9.97 Å². The summed E-state index contributed by atoms with van der Waals surface area (Å²) in [5.74, 6) is 0. The molecule has 3 N–H and O–H groups in total. The molecule has 1 aromatic heterocycles. The van der Waals surface area contributed by atoms with Crippen molar-refractivity contribution in [3.8, 4) is 22.5 Å². The van der Waals surface area contributed by atoms with Crippen molar-refractivity contribution < 1.29 is 26.3 Å². The molecule has 0 unspecified atom stereocenters. The number of fused-ring (bicyclic) bond motifs is 1. The molecule has 0 fully saturated rings. The normalized spacial score (nSPS) is 12.1.